The van der Waals surface area contributed by atoms with Crippen molar-refractivity contribution in [2.45, 2.75) is 45.3 Å². The molecule has 0 saturated carbocycles. The van der Waals surface area contributed by atoms with E-state index in [1.807, 2.05) is 32.9 Å². The van der Waals surface area contributed by atoms with E-state index in [9.17, 15) is 14.7 Å². The molecule has 0 fully saturated rings. The number of amides is 1. The van der Waals surface area contributed by atoms with Crippen LogP contribution < -0.4 is 5.32 Å². The lowest BCUT2D eigenvalue weighted by Gasteiger charge is -2.21. The van der Waals surface area contributed by atoms with Crippen LogP contribution in [0.3, 0.4) is 0 Å². The first kappa shape index (κ1) is 17.9. The van der Waals surface area contributed by atoms with Crippen molar-refractivity contribution in [2.75, 3.05) is 6.61 Å². The summed E-state index contributed by atoms with van der Waals surface area (Å²) in [7, 11) is 0. The highest BCUT2D eigenvalue weighted by Crippen LogP contribution is 2.18. The number of hydrogen-bond donors (Lipinski definition) is 2. The molecule has 1 aromatic carbocycles. The summed E-state index contributed by atoms with van der Waals surface area (Å²) in [5.74, 6) is -1.51. The van der Waals surface area contributed by atoms with Crippen molar-refractivity contribution in [1.82, 2.24) is 10.5 Å². The van der Waals surface area contributed by atoms with Crippen molar-refractivity contribution < 1.29 is 24.0 Å². The fourth-order valence-electron chi connectivity index (χ4n) is 2.20. The van der Waals surface area contributed by atoms with Crippen LogP contribution in [0.2, 0.25) is 0 Å². The standard InChI is InChI=1S/C17H22N2O5/c1-17(2,3)23-9-8-12(16(21)22)18-15(20)10-13-11-6-4-5-7-14(11)24-19-13/h4-7,12H,8-10H2,1-3H3,(H,18,20)(H,21,22). The first-order valence-corrected chi connectivity index (χ1v) is 7.76. The van der Waals surface area contributed by atoms with Gasteiger partial charge in [-0.3, -0.25) is 4.79 Å². The predicted octanol–water partition coefficient (Wildman–Crippen LogP) is 2.14. The third-order valence-electron chi connectivity index (χ3n) is 3.36. The molecule has 0 saturated heterocycles. The van der Waals surface area contributed by atoms with Gasteiger partial charge in [-0.1, -0.05) is 17.3 Å². The molecule has 0 spiro atoms. The van der Waals surface area contributed by atoms with Gasteiger partial charge in [0.25, 0.3) is 0 Å². The van der Waals surface area contributed by atoms with Crippen LogP contribution >= 0.6 is 0 Å². The molecule has 0 aliphatic rings. The highest BCUT2D eigenvalue weighted by Gasteiger charge is 2.22. The number of ether oxygens (including phenoxy) is 1. The van der Waals surface area contributed by atoms with Crippen LogP contribution in [0.5, 0.6) is 0 Å². The van der Waals surface area contributed by atoms with Gasteiger partial charge in [0.15, 0.2) is 5.58 Å². The number of carboxylic acids is 1. The largest absolute Gasteiger partial charge is 0.480 e. The molecule has 0 bridgehead atoms. The first-order chi connectivity index (χ1) is 11.3. The molecular formula is C17H22N2O5. The van der Waals surface area contributed by atoms with Gasteiger partial charge in [-0.25, -0.2) is 4.79 Å². The maximum Gasteiger partial charge on any atom is 0.326 e. The number of carboxylic acid groups (broad SMARTS) is 1. The Balaban J connectivity index is 1.94. The summed E-state index contributed by atoms with van der Waals surface area (Å²) >= 11 is 0. The molecule has 2 aromatic rings. The molecule has 24 heavy (non-hydrogen) atoms. The molecule has 2 N–H and O–H groups in total. The molecule has 0 aliphatic carbocycles. The van der Waals surface area contributed by atoms with Gasteiger partial charge in [0.2, 0.25) is 5.91 Å². The maximum absolute atomic E-state index is 12.1. The van der Waals surface area contributed by atoms with E-state index in [0.29, 0.717) is 11.3 Å². The van der Waals surface area contributed by atoms with Gasteiger partial charge in [0, 0.05) is 18.4 Å². The monoisotopic (exact) mass is 334 g/mol. The van der Waals surface area contributed by atoms with Gasteiger partial charge >= 0.3 is 5.97 Å². The van der Waals surface area contributed by atoms with Crippen molar-refractivity contribution in [3.8, 4) is 0 Å². The summed E-state index contributed by atoms with van der Waals surface area (Å²) < 4.78 is 10.7. The summed E-state index contributed by atoms with van der Waals surface area (Å²) in [6.07, 6.45) is 0.152. The van der Waals surface area contributed by atoms with Crippen molar-refractivity contribution in [3.05, 3.63) is 30.0 Å². The number of aliphatic carboxylic acids is 1. The van der Waals surface area contributed by atoms with Gasteiger partial charge in [0.1, 0.15) is 11.7 Å². The Morgan fingerprint density at radius 2 is 2.04 bits per heavy atom. The molecule has 7 heteroatoms. The molecule has 1 amide bonds. The van der Waals surface area contributed by atoms with E-state index < -0.39 is 17.9 Å². The van der Waals surface area contributed by atoms with Crippen molar-refractivity contribution >= 4 is 22.8 Å². The minimum atomic E-state index is -1.09. The van der Waals surface area contributed by atoms with Crippen molar-refractivity contribution in [1.29, 1.82) is 0 Å². The highest BCUT2D eigenvalue weighted by atomic mass is 16.5. The quantitative estimate of drug-likeness (QED) is 0.804. The Morgan fingerprint density at radius 1 is 1.33 bits per heavy atom. The molecule has 2 rings (SSSR count). The lowest BCUT2D eigenvalue weighted by Crippen LogP contribution is -2.42. The second-order valence-electron chi connectivity index (χ2n) is 6.51. The average Bonchev–Trinajstić information content (AvgIpc) is 2.88. The zero-order valence-corrected chi connectivity index (χ0v) is 14.0. The second kappa shape index (κ2) is 7.44. The molecule has 130 valence electrons. The number of para-hydroxylation sites is 1. The van der Waals surface area contributed by atoms with Gasteiger partial charge in [-0.05, 0) is 32.9 Å². The molecule has 7 nitrogen and oxygen atoms in total. The molecule has 1 aromatic heterocycles. The van der Waals surface area contributed by atoms with E-state index in [1.54, 1.807) is 12.1 Å². The van der Waals surface area contributed by atoms with E-state index in [2.05, 4.69) is 10.5 Å². The molecule has 1 heterocycles. The summed E-state index contributed by atoms with van der Waals surface area (Å²) in [5.41, 5.74) is 0.721. The predicted molar refractivity (Wildman–Crippen MR) is 87.6 cm³/mol. The molecule has 1 unspecified atom stereocenters. The van der Waals surface area contributed by atoms with Crippen LogP contribution in [0.15, 0.2) is 28.8 Å². The second-order valence-corrected chi connectivity index (χ2v) is 6.51. The number of nitrogens with zero attached hydrogens (tertiary/aromatic N) is 1. The third kappa shape index (κ3) is 5.06. The van der Waals surface area contributed by atoms with Crippen molar-refractivity contribution in [2.24, 2.45) is 0 Å². The van der Waals surface area contributed by atoms with Crippen LogP contribution in [0.4, 0.5) is 0 Å². The Kier molecular flexibility index (Phi) is 5.56. The van der Waals surface area contributed by atoms with E-state index in [0.717, 1.165) is 5.39 Å². The Labute approximate surface area is 140 Å². The number of benzene rings is 1. The normalized spacial score (nSPS) is 13.0. The lowest BCUT2D eigenvalue weighted by atomic mass is 10.1. The zero-order chi connectivity index (χ0) is 17.7. The number of nitrogens with one attached hydrogen (secondary N) is 1. The number of rotatable bonds is 7. The van der Waals surface area contributed by atoms with Crippen molar-refractivity contribution in [3.63, 3.8) is 0 Å². The fraction of sp³-hybridized carbons (Fsp3) is 0.471. The van der Waals surface area contributed by atoms with Gasteiger partial charge in [-0.2, -0.15) is 0 Å². The average molecular weight is 334 g/mol. The minimum Gasteiger partial charge on any atom is -0.480 e. The van der Waals surface area contributed by atoms with Gasteiger partial charge in [-0.15, -0.1) is 0 Å². The number of aromatic nitrogens is 1. The van der Waals surface area contributed by atoms with Gasteiger partial charge < -0.3 is 19.7 Å². The number of fused-ring (bicyclic) bond motifs is 1. The molecule has 0 aliphatic heterocycles. The maximum atomic E-state index is 12.1. The summed E-state index contributed by atoms with van der Waals surface area (Å²) in [4.78, 5) is 23.4. The topological polar surface area (TPSA) is 102 Å². The molecular weight excluding hydrogens is 312 g/mol. The van der Waals surface area contributed by atoms with E-state index >= 15 is 0 Å². The summed E-state index contributed by atoms with van der Waals surface area (Å²) in [6, 6.07) is 6.20. The highest BCUT2D eigenvalue weighted by molar-refractivity contribution is 5.88. The Hall–Kier alpha value is -2.41. The van der Waals surface area contributed by atoms with Crippen LogP contribution in [-0.4, -0.2) is 40.4 Å². The van der Waals surface area contributed by atoms with Crippen LogP contribution in [0.1, 0.15) is 32.9 Å². The lowest BCUT2D eigenvalue weighted by molar-refractivity contribution is -0.142. The number of carbonyl (C=O) groups excluding carboxylic acids is 1. The fourth-order valence-corrected chi connectivity index (χ4v) is 2.20. The Morgan fingerprint density at radius 3 is 2.71 bits per heavy atom. The first-order valence-electron chi connectivity index (χ1n) is 7.76. The molecule has 1 atom stereocenters. The van der Waals surface area contributed by atoms with Gasteiger partial charge in [0.05, 0.1) is 12.0 Å². The zero-order valence-electron chi connectivity index (χ0n) is 14.0. The summed E-state index contributed by atoms with van der Waals surface area (Å²) in [5, 5.41) is 16.4. The van der Waals surface area contributed by atoms with Crippen LogP contribution in [0.25, 0.3) is 11.0 Å². The Bertz CT molecular complexity index is 717. The van der Waals surface area contributed by atoms with E-state index in [4.69, 9.17) is 9.26 Å². The van der Waals surface area contributed by atoms with E-state index in [-0.39, 0.29) is 25.0 Å². The van der Waals surface area contributed by atoms with E-state index in [1.165, 1.54) is 0 Å². The smallest absolute Gasteiger partial charge is 0.326 e. The SMILES string of the molecule is CC(C)(C)OCCC(NC(=O)Cc1noc2ccccc12)C(=O)O. The molecule has 0 radical (unpaired) electrons. The van der Waals surface area contributed by atoms with Crippen LogP contribution in [0, 0.1) is 0 Å². The number of carbonyl (C=O) groups is 2. The minimum absolute atomic E-state index is 0.0408. The summed E-state index contributed by atoms with van der Waals surface area (Å²) in [6.45, 7) is 5.90. The van der Waals surface area contributed by atoms with Crippen LogP contribution in [-0.2, 0) is 20.7 Å². The third-order valence-corrected chi connectivity index (χ3v) is 3.36. The number of hydrogen-bond acceptors (Lipinski definition) is 5.